The van der Waals surface area contributed by atoms with Gasteiger partial charge >= 0.3 is 0 Å². The predicted molar refractivity (Wildman–Crippen MR) is 167 cm³/mol. The highest BCUT2D eigenvalue weighted by Crippen LogP contribution is 2.39. The highest BCUT2D eigenvalue weighted by Gasteiger charge is 2.36. The second-order valence-electron chi connectivity index (χ2n) is 13.1. The minimum Gasteiger partial charge on any atom is -0.493 e. The highest BCUT2D eigenvalue weighted by atomic mass is 16.5. The third-order valence-corrected chi connectivity index (χ3v) is 9.67. The van der Waals surface area contributed by atoms with Gasteiger partial charge in [-0.3, -0.25) is 0 Å². The molecule has 4 heteroatoms. The topological polar surface area (TPSA) is 18.5 Å². The van der Waals surface area contributed by atoms with Crippen molar-refractivity contribution < 1.29 is 18.4 Å². The van der Waals surface area contributed by atoms with Crippen LogP contribution in [0.5, 0.6) is 17.2 Å². The zero-order chi connectivity index (χ0) is 28.6. The van der Waals surface area contributed by atoms with E-state index in [2.05, 4.69) is 113 Å². The number of hydrogen-bond donors (Lipinski definition) is 0. The van der Waals surface area contributed by atoms with Gasteiger partial charge in [0.25, 0.3) is 0 Å². The number of likely N-dealkylation sites (N-methyl/N-ethyl adjacent to an activating group) is 2. The largest absolute Gasteiger partial charge is 0.493 e. The van der Waals surface area contributed by atoms with E-state index < -0.39 is 0 Å². The van der Waals surface area contributed by atoms with Gasteiger partial charge in [-0.25, -0.2) is 0 Å². The van der Waals surface area contributed by atoms with Gasteiger partial charge in [0.1, 0.15) is 17.8 Å². The molecule has 0 aliphatic carbocycles. The van der Waals surface area contributed by atoms with Crippen molar-refractivity contribution in [2.75, 3.05) is 48.4 Å². The van der Waals surface area contributed by atoms with Crippen LogP contribution in [-0.2, 0) is 25.7 Å². The normalized spacial score (nSPS) is 20.5. The van der Waals surface area contributed by atoms with Gasteiger partial charge in [-0.15, -0.1) is 0 Å². The molecule has 2 heterocycles. The minimum absolute atomic E-state index is 0.410. The lowest BCUT2D eigenvalue weighted by Crippen LogP contribution is -2.48. The van der Waals surface area contributed by atoms with Gasteiger partial charge in [-0.1, -0.05) is 66.7 Å². The Kier molecular flexibility index (Phi) is 7.39. The first-order chi connectivity index (χ1) is 19.7. The van der Waals surface area contributed by atoms with Crippen LogP contribution in [-0.4, -0.2) is 57.4 Å². The number of ether oxygens (including phenoxy) is 2. The minimum atomic E-state index is 0.410. The number of hydrogen-bond acceptors (Lipinski definition) is 2. The SMILES string of the molecule is COc1ccc(CC2c3ccccc3CC[N+]2(C)C)cc1Oc1ccc(CC2c3ccccc3CC[N+]2(C)C)cc1. The van der Waals surface area contributed by atoms with Crippen molar-refractivity contribution in [3.05, 3.63) is 124 Å². The van der Waals surface area contributed by atoms with Crippen molar-refractivity contribution in [3.8, 4) is 17.2 Å². The van der Waals surface area contributed by atoms with E-state index in [-0.39, 0.29) is 0 Å². The van der Waals surface area contributed by atoms with Crippen molar-refractivity contribution in [1.29, 1.82) is 0 Å². The van der Waals surface area contributed by atoms with Gasteiger partial charge < -0.3 is 18.4 Å². The van der Waals surface area contributed by atoms with Crippen LogP contribution in [0, 0.1) is 0 Å². The number of methoxy groups -OCH3 is 1. The van der Waals surface area contributed by atoms with Gasteiger partial charge in [0.2, 0.25) is 0 Å². The third kappa shape index (κ3) is 5.64. The molecule has 0 amide bonds. The zero-order valence-electron chi connectivity index (χ0n) is 25.3. The monoisotopic (exact) mass is 548 g/mol. The smallest absolute Gasteiger partial charge is 0.169 e. The Labute approximate surface area is 246 Å². The summed E-state index contributed by atoms with van der Waals surface area (Å²) in [5.74, 6) is 2.36. The maximum Gasteiger partial charge on any atom is 0.169 e. The number of fused-ring (bicyclic) bond motifs is 2. The van der Waals surface area contributed by atoms with Gasteiger partial charge in [0.05, 0.1) is 48.4 Å². The Morgan fingerprint density at radius 3 is 1.68 bits per heavy atom. The molecule has 2 unspecified atom stereocenters. The zero-order valence-corrected chi connectivity index (χ0v) is 25.3. The lowest BCUT2D eigenvalue weighted by atomic mass is 9.87. The van der Waals surface area contributed by atoms with Crippen molar-refractivity contribution >= 4 is 0 Å². The van der Waals surface area contributed by atoms with Gasteiger partial charge in [0, 0.05) is 36.8 Å². The molecule has 0 fully saturated rings. The van der Waals surface area contributed by atoms with Crippen LogP contribution in [0.1, 0.15) is 45.5 Å². The first kappa shape index (κ1) is 27.6. The molecule has 2 aliphatic heterocycles. The lowest BCUT2D eigenvalue weighted by Gasteiger charge is -2.43. The fourth-order valence-electron chi connectivity index (χ4n) is 6.96. The van der Waals surface area contributed by atoms with E-state index in [9.17, 15) is 0 Å². The van der Waals surface area contributed by atoms with Crippen molar-refractivity contribution in [1.82, 2.24) is 0 Å². The standard InChI is InChI=1S/C37H44N2O2/c1-38(2)22-20-29-10-6-8-12-32(29)34(38)24-27-14-17-31(18-15-27)41-37-26-28(16-19-36(37)40-5)25-35-33-13-9-7-11-30(33)21-23-39(35,3)4/h6-19,26,34-35H,20-25H2,1-5H3/q+2. The quantitative estimate of drug-likeness (QED) is 0.225. The summed E-state index contributed by atoms with van der Waals surface area (Å²) in [6, 6.07) is 33.9. The lowest BCUT2D eigenvalue weighted by molar-refractivity contribution is -0.923. The number of quaternary nitrogens is 2. The Bertz CT molecular complexity index is 1520. The van der Waals surface area contributed by atoms with Gasteiger partial charge in [-0.2, -0.15) is 0 Å². The third-order valence-electron chi connectivity index (χ3n) is 9.67. The summed E-state index contributed by atoms with van der Waals surface area (Å²) in [5.41, 5.74) is 8.55. The molecule has 0 saturated heterocycles. The molecule has 0 spiro atoms. The number of benzene rings is 4. The van der Waals surface area contributed by atoms with E-state index in [4.69, 9.17) is 9.47 Å². The Balaban J connectivity index is 1.21. The predicted octanol–water partition coefficient (Wildman–Crippen LogP) is 7.32. The summed E-state index contributed by atoms with van der Waals surface area (Å²) in [5, 5.41) is 0. The second kappa shape index (κ2) is 11.0. The number of rotatable bonds is 7. The first-order valence-electron chi connectivity index (χ1n) is 15.0. The summed E-state index contributed by atoms with van der Waals surface area (Å²) >= 11 is 0. The molecule has 0 radical (unpaired) electrons. The van der Waals surface area contributed by atoms with Crippen molar-refractivity contribution in [3.63, 3.8) is 0 Å². The van der Waals surface area contributed by atoms with Crippen LogP contribution in [0.2, 0.25) is 0 Å². The summed E-state index contributed by atoms with van der Waals surface area (Å²) in [7, 11) is 11.2. The second-order valence-corrected chi connectivity index (χ2v) is 13.1. The maximum atomic E-state index is 6.46. The van der Waals surface area contributed by atoms with Crippen LogP contribution in [0.25, 0.3) is 0 Å². The molecule has 4 aromatic rings. The van der Waals surface area contributed by atoms with E-state index in [1.54, 1.807) is 7.11 Å². The molecule has 4 aromatic carbocycles. The molecule has 6 rings (SSSR count). The van der Waals surface area contributed by atoms with Gasteiger partial charge in [0.15, 0.2) is 11.5 Å². The fourth-order valence-corrected chi connectivity index (χ4v) is 6.96. The fraction of sp³-hybridized carbons (Fsp3) is 0.351. The average Bonchev–Trinajstić information content (AvgIpc) is 2.97. The molecule has 212 valence electrons. The molecule has 0 N–H and O–H groups in total. The van der Waals surface area contributed by atoms with Crippen LogP contribution in [0.3, 0.4) is 0 Å². The van der Waals surface area contributed by atoms with Crippen LogP contribution in [0.4, 0.5) is 0 Å². The molecule has 41 heavy (non-hydrogen) atoms. The van der Waals surface area contributed by atoms with Crippen molar-refractivity contribution in [2.24, 2.45) is 0 Å². The Hall–Kier alpha value is -3.60. The average molecular weight is 549 g/mol. The molecular weight excluding hydrogens is 504 g/mol. The molecule has 2 aliphatic rings. The first-order valence-corrected chi connectivity index (χ1v) is 15.0. The summed E-state index contributed by atoms with van der Waals surface area (Å²) in [6.45, 7) is 2.32. The van der Waals surface area contributed by atoms with Crippen molar-refractivity contribution in [2.45, 2.75) is 37.8 Å². The highest BCUT2D eigenvalue weighted by molar-refractivity contribution is 5.46. The molecule has 2 atom stereocenters. The molecule has 0 aromatic heterocycles. The van der Waals surface area contributed by atoms with Gasteiger partial charge in [-0.05, 0) is 46.5 Å². The molecule has 0 saturated carbocycles. The maximum absolute atomic E-state index is 6.46. The molecular formula is C37H44N2O2+2. The van der Waals surface area contributed by atoms with E-state index in [1.165, 1.54) is 39.9 Å². The van der Waals surface area contributed by atoms with Crippen LogP contribution >= 0.6 is 0 Å². The summed E-state index contributed by atoms with van der Waals surface area (Å²) in [6.07, 6.45) is 4.26. The van der Waals surface area contributed by atoms with E-state index in [1.807, 2.05) is 6.07 Å². The molecule has 4 nitrogen and oxygen atoms in total. The van der Waals surface area contributed by atoms with E-state index in [0.717, 1.165) is 58.4 Å². The van der Waals surface area contributed by atoms with Crippen LogP contribution < -0.4 is 9.47 Å². The Morgan fingerprint density at radius 1 is 0.610 bits per heavy atom. The summed E-state index contributed by atoms with van der Waals surface area (Å²) < 4.78 is 14.2. The Morgan fingerprint density at radius 2 is 1.12 bits per heavy atom. The molecule has 0 bridgehead atoms. The van der Waals surface area contributed by atoms with E-state index >= 15 is 0 Å². The summed E-state index contributed by atoms with van der Waals surface area (Å²) in [4.78, 5) is 0. The number of nitrogens with zero attached hydrogens (tertiary/aromatic N) is 2. The van der Waals surface area contributed by atoms with Crippen LogP contribution in [0.15, 0.2) is 91.0 Å². The van der Waals surface area contributed by atoms with E-state index in [0.29, 0.717) is 12.1 Å².